The van der Waals surface area contributed by atoms with E-state index in [2.05, 4.69) is 39.5 Å². The highest BCUT2D eigenvalue weighted by atomic mass is 28.2. The molecular formula is C10H25NSi. The van der Waals surface area contributed by atoms with Gasteiger partial charge in [0.2, 0.25) is 0 Å². The Hall–Kier alpha value is 0.177. The molecule has 0 heterocycles. The molecule has 0 saturated carbocycles. The second-order valence-corrected chi connectivity index (χ2v) is 7.79. The zero-order valence-electron chi connectivity index (χ0n) is 9.48. The topological polar surface area (TPSA) is 3.24 Å². The molecule has 0 aromatic rings. The smallest absolute Gasteiger partial charge is 0.0277 e. The van der Waals surface area contributed by atoms with Crippen LogP contribution in [0, 0.1) is 0 Å². The predicted octanol–water partition coefficient (Wildman–Crippen LogP) is 2.13. The average Bonchev–Trinajstić information content (AvgIpc) is 2.00. The monoisotopic (exact) mass is 187 g/mol. The zero-order valence-corrected chi connectivity index (χ0v) is 10.9. The molecule has 0 unspecified atom stereocenters. The second-order valence-electron chi connectivity index (χ2n) is 4.38. The molecule has 74 valence electrons. The Morgan fingerprint density at radius 2 is 1.58 bits per heavy atom. The van der Waals surface area contributed by atoms with E-state index in [9.17, 15) is 0 Å². The van der Waals surface area contributed by atoms with Crippen LogP contribution < -0.4 is 0 Å². The van der Waals surface area contributed by atoms with E-state index in [1.54, 1.807) is 0 Å². The van der Waals surface area contributed by atoms with Gasteiger partial charge in [-0.2, -0.15) is 0 Å². The first-order chi connectivity index (χ1) is 5.55. The van der Waals surface area contributed by atoms with Crippen LogP contribution >= 0.6 is 0 Å². The Morgan fingerprint density at radius 1 is 1.08 bits per heavy atom. The van der Waals surface area contributed by atoms with Crippen molar-refractivity contribution >= 4 is 9.52 Å². The summed E-state index contributed by atoms with van der Waals surface area (Å²) in [5.74, 6) is 0. The van der Waals surface area contributed by atoms with E-state index in [1.807, 2.05) is 0 Å². The molecule has 0 radical (unpaired) electrons. The molecular weight excluding hydrogens is 162 g/mol. The van der Waals surface area contributed by atoms with Crippen molar-refractivity contribution in [2.24, 2.45) is 0 Å². The van der Waals surface area contributed by atoms with E-state index in [0.717, 1.165) is 0 Å². The molecule has 0 atom stereocenters. The molecule has 2 heteroatoms. The van der Waals surface area contributed by atoms with E-state index < -0.39 is 0 Å². The lowest BCUT2D eigenvalue weighted by Gasteiger charge is -2.30. The molecule has 0 aliphatic carbocycles. The second kappa shape index (κ2) is 5.76. The fourth-order valence-corrected chi connectivity index (χ4v) is 3.64. The average molecular weight is 187 g/mol. The van der Waals surface area contributed by atoms with Crippen LogP contribution in [0.3, 0.4) is 0 Å². The summed E-state index contributed by atoms with van der Waals surface area (Å²) >= 11 is 0. The van der Waals surface area contributed by atoms with Gasteiger partial charge in [-0.15, -0.1) is 0 Å². The third-order valence-corrected chi connectivity index (χ3v) is 4.55. The summed E-state index contributed by atoms with van der Waals surface area (Å²) in [6, 6.07) is 1.44. The Morgan fingerprint density at radius 3 is 1.92 bits per heavy atom. The van der Waals surface area contributed by atoms with Crippen molar-refractivity contribution < 1.29 is 0 Å². The van der Waals surface area contributed by atoms with Crippen LogP contribution in [-0.4, -0.2) is 34.1 Å². The minimum atomic E-state index is 0.147. The van der Waals surface area contributed by atoms with Gasteiger partial charge < -0.3 is 4.90 Å². The molecule has 1 nitrogen and oxygen atoms in total. The minimum Gasteiger partial charge on any atom is -0.304 e. The van der Waals surface area contributed by atoms with Gasteiger partial charge in [-0.25, -0.2) is 0 Å². The molecule has 0 spiro atoms. The minimum absolute atomic E-state index is 0.147. The third kappa shape index (κ3) is 4.94. The maximum atomic E-state index is 2.54. The first-order valence-corrected chi connectivity index (χ1v) is 6.98. The third-order valence-electron chi connectivity index (χ3n) is 2.47. The normalized spacial score (nSPS) is 13.5. The van der Waals surface area contributed by atoms with Crippen LogP contribution in [0.25, 0.3) is 0 Å². The van der Waals surface area contributed by atoms with Crippen molar-refractivity contribution in [3.8, 4) is 0 Å². The summed E-state index contributed by atoms with van der Waals surface area (Å²) in [6.45, 7) is 15.4. The van der Waals surface area contributed by atoms with E-state index in [4.69, 9.17) is 0 Å². The van der Waals surface area contributed by atoms with E-state index >= 15 is 0 Å². The van der Waals surface area contributed by atoms with Gasteiger partial charge in [-0.3, -0.25) is 0 Å². The summed E-state index contributed by atoms with van der Waals surface area (Å²) in [5.41, 5.74) is 0. The maximum absolute atomic E-state index is 2.54. The molecule has 0 aromatic heterocycles. The molecule has 0 aliphatic rings. The van der Waals surface area contributed by atoms with Crippen LogP contribution in [0.1, 0.15) is 34.6 Å². The molecule has 0 rings (SSSR count). The standard InChI is InChI=1S/C10H25NSi/c1-6-11(7-2)9-10(4,5)12-8-3/h6-9,12H2,1-5H3. The zero-order chi connectivity index (χ0) is 9.61. The number of hydrogen-bond donors (Lipinski definition) is 0. The SMILES string of the molecule is CC[SiH2]C(C)(C)CN(CC)CC. The van der Waals surface area contributed by atoms with Crippen molar-refractivity contribution in [3.63, 3.8) is 0 Å². The van der Waals surface area contributed by atoms with E-state index in [-0.39, 0.29) is 9.52 Å². The lowest BCUT2D eigenvalue weighted by molar-refractivity contribution is 0.275. The highest BCUT2D eigenvalue weighted by molar-refractivity contribution is 6.39. The fourth-order valence-electron chi connectivity index (χ4n) is 1.81. The molecule has 0 amide bonds. The van der Waals surface area contributed by atoms with Gasteiger partial charge >= 0.3 is 0 Å². The number of hydrogen-bond acceptors (Lipinski definition) is 1. The lowest BCUT2D eigenvalue weighted by Crippen LogP contribution is -2.33. The van der Waals surface area contributed by atoms with Gasteiger partial charge in [0.15, 0.2) is 0 Å². The summed E-state index contributed by atoms with van der Waals surface area (Å²) in [4.78, 5) is 2.54. The van der Waals surface area contributed by atoms with Crippen molar-refractivity contribution in [1.82, 2.24) is 4.90 Å². The lowest BCUT2D eigenvalue weighted by atomic mass is 10.2. The van der Waals surface area contributed by atoms with E-state index in [0.29, 0.717) is 5.04 Å². The Labute approximate surface area is 80.4 Å². The summed E-state index contributed by atoms with van der Waals surface area (Å²) in [5, 5.41) is 0.640. The molecule has 0 fully saturated rings. The van der Waals surface area contributed by atoms with Crippen LogP contribution in [0.15, 0.2) is 0 Å². The Balaban J connectivity index is 3.84. The number of nitrogens with zero attached hydrogens (tertiary/aromatic N) is 1. The van der Waals surface area contributed by atoms with Crippen LogP contribution in [-0.2, 0) is 0 Å². The molecule has 0 saturated heterocycles. The Bertz CT molecular complexity index is 108. The van der Waals surface area contributed by atoms with Gasteiger partial charge in [-0.05, 0) is 18.1 Å². The van der Waals surface area contributed by atoms with Crippen LogP contribution in [0.2, 0.25) is 11.1 Å². The first-order valence-electron chi connectivity index (χ1n) is 5.28. The maximum Gasteiger partial charge on any atom is 0.0277 e. The molecule has 12 heavy (non-hydrogen) atoms. The van der Waals surface area contributed by atoms with Gasteiger partial charge in [0.05, 0.1) is 0 Å². The molecule has 0 aromatic carbocycles. The summed E-state index contributed by atoms with van der Waals surface area (Å²) < 4.78 is 0. The highest BCUT2D eigenvalue weighted by Gasteiger charge is 2.19. The first kappa shape index (κ1) is 12.2. The quantitative estimate of drug-likeness (QED) is 0.576. The summed E-state index contributed by atoms with van der Waals surface area (Å²) in [7, 11) is 0.147. The van der Waals surface area contributed by atoms with Gasteiger partial charge in [0.25, 0.3) is 0 Å². The predicted molar refractivity (Wildman–Crippen MR) is 60.9 cm³/mol. The van der Waals surface area contributed by atoms with Crippen molar-refractivity contribution in [2.75, 3.05) is 19.6 Å². The van der Waals surface area contributed by atoms with Gasteiger partial charge in [0, 0.05) is 16.1 Å². The van der Waals surface area contributed by atoms with Crippen LogP contribution in [0.4, 0.5) is 0 Å². The van der Waals surface area contributed by atoms with Crippen molar-refractivity contribution in [2.45, 2.75) is 45.7 Å². The molecule has 0 N–H and O–H groups in total. The van der Waals surface area contributed by atoms with E-state index in [1.165, 1.54) is 25.7 Å². The molecule has 0 bridgehead atoms. The van der Waals surface area contributed by atoms with Crippen LogP contribution in [0.5, 0.6) is 0 Å². The summed E-state index contributed by atoms with van der Waals surface area (Å²) in [6.07, 6.45) is 0. The van der Waals surface area contributed by atoms with Crippen molar-refractivity contribution in [3.05, 3.63) is 0 Å². The number of rotatable bonds is 6. The molecule has 0 aliphatic heterocycles. The van der Waals surface area contributed by atoms with Gasteiger partial charge in [-0.1, -0.05) is 40.7 Å². The largest absolute Gasteiger partial charge is 0.304 e. The highest BCUT2D eigenvalue weighted by Crippen LogP contribution is 2.24. The van der Waals surface area contributed by atoms with Crippen molar-refractivity contribution in [1.29, 1.82) is 0 Å². The fraction of sp³-hybridized carbons (Fsp3) is 1.00. The Kier molecular flexibility index (Phi) is 5.84. The van der Waals surface area contributed by atoms with Gasteiger partial charge in [0.1, 0.15) is 0 Å².